The van der Waals surface area contributed by atoms with Gasteiger partial charge in [-0.1, -0.05) is 6.42 Å². The number of nitrogens with one attached hydrogen (secondary N) is 1. The molecule has 0 saturated heterocycles. The molecule has 1 N–H and O–H groups in total. The zero-order valence-corrected chi connectivity index (χ0v) is 11.8. The number of ether oxygens (including phenoxy) is 2. The Labute approximate surface area is 112 Å². The van der Waals surface area contributed by atoms with Crippen LogP contribution < -0.4 is 14.8 Å². The highest BCUT2D eigenvalue weighted by Gasteiger charge is 2.27. The van der Waals surface area contributed by atoms with Gasteiger partial charge in [-0.2, -0.15) is 21.7 Å². The molecule has 1 heterocycles. The maximum atomic E-state index is 5.14. The minimum absolute atomic E-state index is 0.428. The van der Waals surface area contributed by atoms with Crippen molar-refractivity contribution in [2.75, 3.05) is 25.8 Å². The standard InChI is InChI=1S/C12H19N3O2S/c1-16-10-7-11(17-2)15-12(14-10)13-8-5-4-6-9(8)18-3/h7-9H,4-6H2,1-3H3,(H,13,14,15). The molecule has 5 nitrogen and oxygen atoms in total. The van der Waals surface area contributed by atoms with Crippen molar-refractivity contribution in [3.63, 3.8) is 0 Å². The largest absolute Gasteiger partial charge is 0.481 e. The first-order valence-electron chi connectivity index (χ1n) is 6.03. The van der Waals surface area contributed by atoms with Crippen LogP contribution in [0.5, 0.6) is 11.8 Å². The van der Waals surface area contributed by atoms with Gasteiger partial charge in [-0.3, -0.25) is 0 Å². The Hall–Kier alpha value is -1.17. The third-order valence-electron chi connectivity index (χ3n) is 3.17. The molecule has 18 heavy (non-hydrogen) atoms. The first-order chi connectivity index (χ1) is 8.76. The van der Waals surface area contributed by atoms with Crippen molar-refractivity contribution in [3.8, 4) is 11.8 Å². The van der Waals surface area contributed by atoms with Gasteiger partial charge in [0.15, 0.2) is 0 Å². The summed E-state index contributed by atoms with van der Waals surface area (Å²) in [6, 6.07) is 2.10. The van der Waals surface area contributed by atoms with Crippen molar-refractivity contribution >= 4 is 17.7 Å². The smallest absolute Gasteiger partial charge is 0.229 e. The van der Waals surface area contributed by atoms with Crippen LogP contribution in [0.25, 0.3) is 0 Å². The van der Waals surface area contributed by atoms with Gasteiger partial charge in [-0.05, 0) is 19.1 Å². The van der Waals surface area contributed by atoms with Crippen molar-refractivity contribution in [2.24, 2.45) is 0 Å². The van der Waals surface area contributed by atoms with E-state index in [4.69, 9.17) is 9.47 Å². The van der Waals surface area contributed by atoms with Gasteiger partial charge in [-0.15, -0.1) is 0 Å². The van der Waals surface area contributed by atoms with Crippen molar-refractivity contribution in [2.45, 2.75) is 30.6 Å². The number of rotatable bonds is 5. The lowest BCUT2D eigenvalue weighted by Gasteiger charge is -2.19. The Morgan fingerprint density at radius 1 is 1.22 bits per heavy atom. The fraction of sp³-hybridized carbons (Fsp3) is 0.667. The zero-order chi connectivity index (χ0) is 13.0. The average molecular weight is 269 g/mol. The van der Waals surface area contributed by atoms with Crippen LogP contribution in [0.4, 0.5) is 5.95 Å². The maximum absolute atomic E-state index is 5.14. The summed E-state index contributed by atoms with van der Waals surface area (Å²) in [4.78, 5) is 8.60. The highest BCUT2D eigenvalue weighted by atomic mass is 32.2. The van der Waals surface area contributed by atoms with E-state index in [0.717, 1.165) is 6.42 Å². The predicted octanol–water partition coefficient (Wildman–Crippen LogP) is 2.19. The normalized spacial score (nSPS) is 22.8. The van der Waals surface area contributed by atoms with Gasteiger partial charge in [0.25, 0.3) is 0 Å². The molecule has 1 aromatic rings. The van der Waals surface area contributed by atoms with Gasteiger partial charge in [0, 0.05) is 11.3 Å². The number of aromatic nitrogens is 2. The maximum Gasteiger partial charge on any atom is 0.229 e. The molecule has 1 saturated carbocycles. The number of methoxy groups -OCH3 is 2. The predicted molar refractivity (Wildman–Crippen MR) is 73.7 cm³/mol. The van der Waals surface area contributed by atoms with E-state index in [0.29, 0.717) is 29.0 Å². The van der Waals surface area contributed by atoms with Crippen LogP contribution in [0, 0.1) is 0 Å². The molecule has 1 aliphatic rings. The molecule has 1 aliphatic carbocycles. The highest BCUT2D eigenvalue weighted by molar-refractivity contribution is 7.99. The molecule has 1 aromatic heterocycles. The van der Waals surface area contributed by atoms with E-state index in [1.165, 1.54) is 12.8 Å². The molecule has 2 unspecified atom stereocenters. The number of hydrogen-bond acceptors (Lipinski definition) is 6. The molecule has 0 aliphatic heterocycles. The minimum Gasteiger partial charge on any atom is -0.481 e. The number of nitrogens with zero attached hydrogens (tertiary/aromatic N) is 2. The first-order valence-corrected chi connectivity index (χ1v) is 7.32. The van der Waals surface area contributed by atoms with E-state index >= 15 is 0 Å². The lowest BCUT2D eigenvalue weighted by molar-refractivity contribution is 0.372. The Morgan fingerprint density at radius 2 is 1.89 bits per heavy atom. The van der Waals surface area contributed by atoms with Gasteiger partial charge in [0.1, 0.15) is 0 Å². The van der Waals surface area contributed by atoms with Crippen LogP contribution in [0.3, 0.4) is 0 Å². The molecule has 2 rings (SSSR count). The second-order valence-electron chi connectivity index (χ2n) is 4.23. The van der Waals surface area contributed by atoms with Gasteiger partial charge < -0.3 is 14.8 Å². The van der Waals surface area contributed by atoms with Crippen LogP contribution >= 0.6 is 11.8 Å². The third-order valence-corrected chi connectivity index (χ3v) is 4.34. The van der Waals surface area contributed by atoms with E-state index in [2.05, 4.69) is 21.5 Å². The molecule has 0 bridgehead atoms. The molecule has 0 aromatic carbocycles. The van der Waals surface area contributed by atoms with Crippen LogP contribution in [0.2, 0.25) is 0 Å². The van der Waals surface area contributed by atoms with E-state index < -0.39 is 0 Å². The second kappa shape index (κ2) is 6.13. The summed E-state index contributed by atoms with van der Waals surface area (Å²) in [5, 5.41) is 4.02. The molecule has 0 amide bonds. The lowest BCUT2D eigenvalue weighted by Crippen LogP contribution is -2.26. The Kier molecular flexibility index (Phi) is 4.52. The van der Waals surface area contributed by atoms with Gasteiger partial charge in [0.05, 0.1) is 20.3 Å². The molecular weight excluding hydrogens is 250 g/mol. The minimum atomic E-state index is 0.428. The average Bonchev–Trinajstić information content (AvgIpc) is 2.85. The van der Waals surface area contributed by atoms with Crippen LogP contribution in [0.1, 0.15) is 19.3 Å². The fourth-order valence-electron chi connectivity index (χ4n) is 2.22. The van der Waals surface area contributed by atoms with Crippen molar-refractivity contribution < 1.29 is 9.47 Å². The summed E-state index contributed by atoms with van der Waals surface area (Å²) in [6.07, 6.45) is 5.82. The topological polar surface area (TPSA) is 56.3 Å². The fourth-order valence-corrected chi connectivity index (χ4v) is 3.15. The Bertz CT molecular complexity index is 381. The molecule has 0 radical (unpaired) electrons. The molecule has 1 fully saturated rings. The van der Waals surface area contributed by atoms with Crippen LogP contribution in [-0.4, -0.2) is 41.7 Å². The van der Waals surface area contributed by atoms with E-state index in [9.17, 15) is 0 Å². The zero-order valence-electron chi connectivity index (χ0n) is 11.0. The van der Waals surface area contributed by atoms with Gasteiger partial charge in [0.2, 0.25) is 17.7 Å². The number of hydrogen-bond donors (Lipinski definition) is 1. The summed E-state index contributed by atoms with van der Waals surface area (Å²) in [5.41, 5.74) is 0. The molecular formula is C12H19N3O2S. The SMILES string of the molecule is COc1cc(OC)nc(NC2CCCC2SC)n1. The summed E-state index contributed by atoms with van der Waals surface area (Å²) in [5.74, 6) is 1.61. The van der Waals surface area contributed by atoms with Gasteiger partial charge >= 0.3 is 0 Å². The summed E-state index contributed by atoms with van der Waals surface area (Å²) < 4.78 is 10.3. The summed E-state index contributed by atoms with van der Waals surface area (Å²) in [7, 11) is 3.18. The van der Waals surface area contributed by atoms with Crippen molar-refractivity contribution in [3.05, 3.63) is 6.07 Å². The van der Waals surface area contributed by atoms with E-state index in [-0.39, 0.29) is 0 Å². The number of anilines is 1. The Balaban J connectivity index is 2.12. The molecule has 2 atom stereocenters. The first kappa shape index (κ1) is 13.3. The molecule has 6 heteroatoms. The highest BCUT2D eigenvalue weighted by Crippen LogP contribution is 2.30. The van der Waals surface area contributed by atoms with Crippen LogP contribution in [0.15, 0.2) is 6.07 Å². The van der Waals surface area contributed by atoms with Crippen molar-refractivity contribution in [1.29, 1.82) is 0 Å². The van der Waals surface area contributed by atoms with E-state index in [1.807, 2.05) is 11.8 Å². The molecule has 0 spiro atoms. The van der Waals surface area contributed by atoms with Gasteiger partial charge in [-0.25, -0.2) is 0 Å². The second-order valence-corrected chi connectivity index (χ2v) is 5.31. The number of thioether (sulfide) groups is 1. The summed E-state index contributed by atoms with van der Waals surface area (Å²) in [6.45, 7) is 0. The third kappa shape index (κ3) is 2.98. The quantitative estimate of drug-likeness (QED) is 0.884. The van der Waals surface area contributed by atoms with Crippen LogP contribution in [-0.2, 0) is 0 Å². The summed E-state index contributed by atoms with van der Waals surface area (Å²) >= 11 is 1.90. The Morgan fingerprint density at radius 3 is 2.44 bits per heavy atom. The van der Waals surface area contributed by atoms with E-state index in [1.54, 1.807) is 20.3 Å². The molecule has 100 valence electrons. The van der Waals surface area contributed by atoms with Crippen molar-refractivity contribution in [1.82, 2.24) is 9.97 Å². The lowest BCUT2D eigenvalue weighted by atomic mass is 10.2. The monoisotopic (exact) mass is 269 g/mol.